The minimum atomic E-state index is -1.68. The minimum Gasteiger partial charge on any atom is -0.324 e. The standard InChI is InChI=1S/C29H32N2OSi/c1-33(2,26-15-7-4-8-16-26)22-24(19-18-23-11-5-3-6-12-23)21-28(32)31-27-17-9-13-25-14-10-20-30-29(25)27/h3-17,20,24H,18-19,21-22H2,1-2H3,(H,31,32). The van der Waals surface area contributed by atoms with Crippen LogP contribution in [-0.4, -0.2) is 19.0 Å². The summed E-state index contributed by atoms with van der Waals surface area (Å²) in [5, 5.41) is 5.64. The molecule has 1 N–H and O–H groups in total. The largest absolute Gasteiger partial charge is 0.324 e. The number of nitrogens with one attached hydrogen (secondary N) is 1. The van der Waals surface area contributed by atoms with E-state index in [9.17, 15) is 4.79 Å². The van der Waals surface area contributed by atoms with Gasteiger partial charge in [0.15, 0.2) is 0 Å². The van der Waals surface area contributed by atoms with Crippen molar-refractivity contribution in [3.8, 4) is 0 Å². The number of para-hydroxylation sites is 1. The molecule has 4 rings (SSSR count). The molecule has 1 amide bonds. The van der Waals surface area contributed by atoms with Crippen molar-refractivity contribution < 1.29 is 4.79 Å². The fraction of sp³-hybridized carbons (Fsp3) is 0.241. The molecule has 0 bridgehead atoms. The zero-order valence-corrected chi connectivity index (χ0v) is 20.5. The Bertz CT molecular complexity index is 1190. The summed E-state index contributed by atoms with van der Waals surface area (Å²) in [6.45, 7) is 4.84. The zero-order chi connectivity index (χ0) is 23.1. The fourth-order valence-corrected chi connectivity index (χ4v) is 7.81. The number of pyridine rings is 1. The second-order valence-electron chi connectivity index (χ2n) is 9.48. The number of nitrogens with zero attached hydrogens (tertiary/aromatic N) is 1. The second-order valence-corrected chi connectivity index (χ2v) is 14.2. The van der Waals surface area contributed by atoms with Crippen molar-refractivity contribution in [3.63, 3.8) is 0 Å². The molecular formula is C29H32N2OSi. The first kappa shape index (κ1) is 22.9. The lowest BCUT2D eigenvalue weighted by Gasteiger charge is -2.28. The number of benzene rings is 3. The number of hydrogen-bond acceptors (Lipinski definition) is 2. The highest BCUT2D eigenvalue weighted by Crippen LogP contribution is 2.27. The Labute approximate surface area is 197 Å². The van der Waals surface area contributed by atoms with E-state index < -0.39 is 8.07 Å². The first-order valence-electron chi connectivity index (χ1n) is 11.7. The normalized spacial score (nSPS) is 12.4. The number of carbonyl (C=O) groups excluding carboxylic acids is 1. The number of aryl methyl sites for hydroxylation is 1. The topological polar surface area (TPSA) is 42.0 Å². The predicted molar refractivity (Wildman–Crippen MR) is 142 cm³/mol. The second kappa shape index (κ2) is 10.6. The molecule has 4 heteroatoms. The van der Waals surface area contributed by atoms with Crippen LogP contribution in [0.5, 0.6) is 0 Å². The summed E-state index contributed by atoms with van der Waals surface area (Å²) in [5.74, 6) is 0.402. The Morgan fingerprint density at radius 1 is 0.879 bits per heavy atom. The van der Waals surface area contributed by atoms with Gasteiger partial charge < -0.3 is 5.32 Å². The van der Waals surface area contributed by atoms with Crippen molar-refractivity contribution in [2.45, 2.75) is 38.4 Å². The molecule has 1 unspecified atom stereocenters. The Hall–Kier alpha value is -3.24. The molecule has 0 radical (unpaired) electrons. The van der Waals surface area contributed by atoms with Crippen LogP contribution in [0.25, 0.3) is 10.9 Å². The van der Waals surface area contributed by atoms with Crippen molar-refractivity contribution in [2.75, 3.05) is 5.32 Å². The third-order valence-corrected chi connectivity index (χ3v) is 9.91. The number of fused-ring (bicyclic) bond motifs is 1. The number of aromatic nitrogens is 1. The Balaban J connectivity index is 1.50. The molecule has 0 saturated heterocycles. The summed E-state index contributed by atoms with van der Waals surface area (Å²) in [5.41, 5.74) is 2.97. The summed E-state index contributed by atoms with van der Waals surface area (Å²) in [6, 6.07) is 32.4. The fourth-order valence-electron chi connectivity index (χ4n) is 4.69. The van der Waals surface area contributed by atoms with Gasteiger partial charge in [0, 0.05) is 18.0 Å². The number of amides is 1. The molecule has 0 spiro atoms. The summed E-state index contributed by atoms with van der Waals surface area (Å²) < 4.78 is 0. The van der Waals surface area contributed by atoms with Gasteiger partial charge in [-0.15, -0.1) is 0 Å². The van der Waals surface area contributed by atoms with Crippen molar-refractivity contribution in [1.29, 1.82) is 0 Å². The Kier molecular flexibility index (Phi) is 7.35. The predicted octanol–water partition coefficient (Wildman–Crippen LogP) is 6.43. The molecule has 1 heterocycles. The highest BCUT2D eigenvalue weighted by molar-refractivity contribution is 6.89. The van der Waals surface area contributed by atoms with Gasteiger partial charge in [-0.25, -0.2) is 0 Å². The lowest BCUT2D eigenvalue weighted by Crippen LogP contribution is -2.43. The third kappa shape index (κ3) is 6.17. The lowest BCUT2D eigenvalue weighted by molar-refractivity contribution is -0.117. The van der Waals surface area contributed by atoms with E-state index in [1.165, 1.54) is 10.8 Å². The van der Waals surface area contributed by atoms with Crippen molar-refractivity contribution in [3.05, 3.63) is 103 Å². The first-order chi connectivity index (χ1) is 16.0. The molecule has 1 aromatic heterocycles. The van der Waals surface area contributed by atoms with Crippen LogP contribution in [0.3, 0.4) is 0 Å². The molecule has 0 fully saturated rings. The van der Waals surface area contributed by atoms with E-state index in [1.807, 2.05) is 30.3 Å². The van der Waals surface area contributed by atoms with E-state index >= 15 is 0 Å². The van der Waals surface area contributed by atoms with E-state index in [2.05, 4.69) is 84.1 Å². The quantitative estimate of drug-likeness (QED) is 0.297. The molecule has 0 aliphatic carbocycles. The van der Waals surface area contributed by atoms with Crippen molar-refractivity contribution in [2.24, 2.45) is 5.92 Å². The van der Waals surface area contributed by atoms with Crippen LogP contribution in [0.1, 0.15) is 18.4 Å². The maximum absolute atomic E-state index is 13.2. The lowest BCUT2D eigenvalue weighted by atomic mass is 9.97. The first-order valence-corrected chi connectivity index (χ1v) is 14.9. The SMILES string of the molecule is C[Si](C)(CC(CCc1ccccc1)CC(=O)Nc1cccc2cccnc12)c1ccccc1. The average Bonchev–Trinajstić information content (AvgIpc) is 2.84. The Morgan fingerprint density at radius 3 is 2.33 bits per heavy atom. The third-order valence-electron chi connectivity index (χ3n) is 6.42. The van der Waals surface area contributed by atoms with Gasteiger partial charge in [0.25, 0.3) is 0 Å². The Morgan fingerprint density at radius 2 is 1.58 bits per heavy atom. The molecule has 1 atom stereocenters. The van der Waals surface area contributed by atoms with Crippen LogP contribution in [0.2, 0.25) is 19.1 Å². The molecule has 0 saturated carbocycles. The molecule has 168 valence electrons. The number of anilines is 1. The number of rotatable bonds is 9. The number of carbonyl (C=O) groups is 1. The van der Waals surface area contributed by atoms with Crippen molar-refractivity contribution >= 4 is 35.8 Å². The smallest absolute Gasteiger partial charge is 0.224 e. The molecule has 3 aromatic carbocycles. The van der Waals surface area contributed by atoms with Gasteiger partial charge in [-0.2, -0.15) is 0 Å². The summed E-state index contributed by atoms with van der Waals surface area (Å²) in [6.07, 6.45) is 4.30. The van der Waals surface area contributed by atoms with E-state index in [0.717, 1.165) is 35.5 Å². The summed E-state index contributed by atoms with van der Waals surface area (Å²) in [7, 11) is -1.68. The molecule has 0 aliphatic rings. The van der Waals surface area contributed by atoms with E-state index in [4.69, 9.17) is 0 Å². The van der Waals surface area contributed by atoms with E-state index in [1.54, 1.807) is 6.20 Å². The zero-order valence-electron chi connectivity index (χ0n) is 19.5. The molecular weight excluding hydrogens is 420 g/mol. The van der Waals surface area contributed by atoms with Crippen LogP contribution in [0.4, 0.5) is 5.69 Å². The highest BCUT2D eigenvalue weighted by Gasteiger charge is 2.28. The van der Waals surface area contributed by atoms with Crippen molar-refractivity contribution in [1.82, 2.24) is 4.98 Å². The maximum Gasteiger partial charge on any atom is 0.224 e. The van der Waals surface area contributed by atoms with Gasteiger partial charge in [0.2, 0.25) is 5.91 Å². The summed E-state index contributed by atoms with van der Waals surface area (Å²) in [4.78, 5) is 17.7. The maximum atomic E-state index is 13.2. The van der Waals surface area contributed by atoms with E-state index in [-0.39, 0.29) is 5.91 Å². The summed E-state index contributed by atoms with van der Waals surface area (Å²) >= 11 is 0. The van der Waals surface area contributed by atoms with Gasteiger partial charge in [0.05, 0.1) is 19.3 Å². The molecule has 0 aliphatic heterocycles. The molecule has 33 heavy (non-hydrogen) atoms. The number of hydrogen-bond donors (Lipinski definition) is 1. The minimum absolute atomic E-state index is 0.0732. The van der Waals surface area contributed by atoms with Gasteiger partial charge in [-0.3, -0.25) is 9.78 Å². The molecule has 3 nitrogen and oxygen atoms in total. The van der Waals surface area contributed by atoms with Crippen LogP contribution in [0.15, 0.2) is 97.2 Å². The van der Waals surface area contributed by atoms with E-state index in [0.29, 0.717) is 12.3 Å². The van der Waals surface area contributed by atoms with Gasteiger partial charge >= 0.3 is 0 Å². The monoisotopic (exact) mass is 452 g/mol. The highest BCUT2D eigenvalue weighted by atomic mass is 28.3. The average molecular weight is 453 g/mol. The van der Waals surface area contributed by atoms with Gasteiger partial charge in [0.1, 0.15) is 0 Å². The van der Waals surface area contributed by atoms with Crippen LogP contribution in [-0.2, 0) is 11.2 Å². The van der Waals surface area contributed by atoms with Gasteiger partial charge in [-0.05, 0) is 36.5 Å². The van der Waals surface area contributed by atoms with Gasteiger partial charge in [-0.1, -0.05) is 103 Å². The van der Waals surface area contributed by atoms with Crippen LogP contribution >= 0.6 is 0 Å². The van der Waals surface area contributed by atoms with Crippen LogP contribution in [0, 0.1) is 5.92 Å². The van der Waals surface area contributed by atoms with Crippen LogP contribution < -0.4 is 10.5 Å². The molecule has 4 aromatic rings.